The maximum Gasteiger partial charge on any atom is 0.231 e. The van der Waals surface area contributed by atoms with Crippen LogP contribution in [0, 0.1) is 0 Å². The molecule has 0 aliphatic carbocycles. The summed E-state index contributed by atoms with van der Waals surface area (Å²) in [6.07, 6.45) is 11.0. The third kappa shape index (κ3) is 6.13. The van der Waals surface area contributed by atoms with Crippen molar-refractivity contribution in [2.45, 2.75) is 52.1 Å². The van der Waals surface area contributed by atoms with Crippen LogP contribution < -0.4 is 18.9 Å². The van der Waals surface area contributed by atoms with Gasteiger partial charge in [-0.25, -0.2) is 9.97 Å². The first-order valence-corrected chi connectivity index (χ1v) is 11.4. The Kier molecular flexibility index (Phi) is 7.79. The van der Waals surface area contributed by atoms with Crippen LogP contribution in [-0.4, -0.2) is 23.4 Å². The van der Waals surface area contributed by atoms with Crippen molar-refractivity contribution >= 4 is 0 Å². The van der Waals surface area contributed by atoms with Crippen molar-refractivity contribution in [3.05, 3.63) is 60.4 Å². The van der Waals surface area contributed by atoms with Gasteiger partial charge in [0.15, 0.2) is 23.1 Å². The summed E-state index contributed by atoms with van der Waals surface area (Å²) >= 11 is 0. The highest BCUT2D eigenvalue weighted by molar-refractivity contribution is 5.56. The molecule has 2 aromatic carbocycles. The molecule has 6 nitrogen and oxygen atoms in total. The fourth-order valence-electron chi connectivity index (χ4n) is 3.51. The zero-order valence-corrected chi connectivity index (χ0v) is 18.6. The summed E-state index contributed by atoms with van der Waals surface area (Å²) in [4.78, 5) is 8.88. The molecule has 2 heterocycles. The van der Waals surface area contributed by atoms with E-state index < -0.39 is 0 Å². The van der Waals surface area contributed by atoms with Gasteiger partial charge in [0.25, 0.3) is 0 Å². The molecular weight excluding hydrogens is 404 g/mol. The minimum atomic E-state index is 0.273. The van der Waals surface area contributed by atoms with E-state index in [0.29, 0.717) is 24.8 Å². The van der Waals surface area contributed by atoms with Crippen molar-refractivity contribution in [3.8, 4) is 34.4 Å². The summed E-state index contributed by atoms with van der Waals surface area (Å²) in [6, 6.07) is 13.6. The van der Waals surface area contributed by atoms with Gasteiger partial charge in [-0.3, -0.25) is 0 Å². The second-order valence-electron chi connectivity index (χ2n) is 7.86. The normalized spacial score (nSPS) is 12.0. The summed E-state index contributed by atoms with van der Waals surface area (Å²) in [5.74, 6) is 3.70. The zero-order valence-electron chi connectivity index (χ0n) is 18.6. The average Bonchev–Trinajstić information content (AvgIpc) is 3.31. The van der Waals surface area contributed by atoms with E-state index in [0.717, 1.165) is 34.8 Å². The van der Waals surface area contributed by atoms with Crippen LogP contribution in [0.25, 0.3) is 11.4 Å². The number of nitrogens with zero attached hydrogens (tertiary/aromatic N) is 2. The Morgan fingerprint density at radius 1 is 0.781 bits per heavy atom. The molecule has 0 bridgehead atoms. The van der Waals surface area contributed by atoms with E-state index in [2.05, 4.69) is 16.9 Å². The predicted octanol–water partition coefficient (Wildman–Crippen LogP) is 6.19. The highest BCUT2D eigenvalue weighted by atomic mass is 16.7. The second kappa shape index (κ2) is 11.4. The van der Waals surface area contributed by atoms with Crippen molar-refractivity contribution in [2.75, 3.05) is 13.4 Å². The van der Waals surface area contributed by atoms with Crippen LogP contribution in [0.2, 0.25) is 0 Å². The lowest BCUT2D eigenvalue weighted by Gasteiger charge is -2.08. The van der Waals surface area contributed by atoms with Crippen LogP contribution in [0.5, 0.6) is 23.0 Å². The Labute approximate surface area is 189 Å². The third-order valence-electron chi connectivity index (χ3n) is 5.35. The third-order valence-corrected chi connectivity index (χ3v) is 5.35. The van der Waals surface area contributed by atoms with Gasteiger partial charge in [0.05, 0.1) is 19.0 Å². The zero-order chi connectivity index (χ0) is 22.0. The highest BCUT2D eigenvalue weighted by Crippen LogP contribution is 2.32. The fraction of sp³-hybridized carbons (Fsp3) is 0.385. The lowest BCUT2D eigenvalue weighted by Crippen LogP contribution is -1.99. The molecule has 32 heavy (non-hydrogen) atoms. The average molecular weight is 435 g/mol. The molecule has 0 amide bonds. The van der Waals surface area contributed by atoms with Crippen LogP contribution in [0.1, 0.15) is 51.0 Å². The topological polar surface area (TPSA) is 62.7 Å². The van der Waals surface area contributed by atoms with E-state index in [1.165, 1.54) is 32.1 Å². The van der Waals surface area contributed by atoms with Gasteiger partial charge >= 0.3 is 0 Å². The summed E-state index contributed by atoms with van der Waals surface area (Å²) in [7, 11) is 0. The fourth-order valence-corrected chi connectivity index (χ4v) is 3.51. The molecule has 1 aromatic heterocycles. The minimum absolute atomic E-state index is 0.273. The number of ether oxygens (including phenoxy) is 4. The first-order chi connectivity index (χ1) is 15.8. The summed E-state index contributed by atoms with van der Waals surface area (Å²) in [5, 5.41) is 0. The molecule has 0 spiro atoms. The monoisotopic (exact) mass is 434 g/mol. The summed E-state index contributed by atoms with van der Waals surface area (Å²) < 4.78 is 22.4. The lowest BCUT2D eigenvalue weighted by atomic mass is 10.1. The molecule has 168 valence electrons. The molecule has 0 N–H and O–H groups in total. The predicted molar refractivity (Wildman–Crippen MR) is 123 cm³/mol. The second-order valence-corrected chi connectivity index (χ2v) is 7.86. The Morgan fingerprint density at radius 2 is 1.53 bits per heavy atom. The molecule has 0 saturated carbocycles. The molecule has 0 unspecified atom stereocenters. The molecule has 3 aromatic rings. The molecular formula is C26H30N2O4. The highest BCUT2D eigenvalue weighted by Gasteiger charge is 2.13. The molecule has 0 atom stereocenters. The van der Waals surface area contributed by atoms with Crippen molar-refractivity contribution in [3.63, 3.8) is 0 Å². The quantitative estimate of drug-likeness (QED) is 0.317. The van der Waals surface area contributed by atoms with Gasteiger partial charge in [-0.2, -0.15) is 0 Å². The Morgan fingerprint density at radius 3 is 2.34 bits per heavy atom. The van der Waals surface area contributed by atoms with Gasteiger partial charge in [-0.1, -0.05) is 45.1 Å². The van der Waals surface area contributed by atoms with Gasteiger partial charge in [0, 0.05) is 5.56 Å². The number of rotatable bonds is 12. The van der Waals surface area contributed by atoms with E-state index in [9.17, 15) is 0 Å². The standard InChI is InChI=1S/C26H30N2O4/c1-2-3-4-5-6-7-14-29-23-16-27-26(28-17-23)21-9-11-22(12-10-21)30-18-20-8-13-24-25(15-20)32-19-31-24/h8-13,15-17H,2-7,14,18-19H2,1H3. The van der Waals surface area contributed by atoms with Crippen molar-refractivity contribution in [1.82, 2.24) is 9.97 Å². The van der Waals surface area contributed by atoms with Gasteiger partial charge in [0.2, 0.25) is 6.79 Å². The Bertz CT molecular complexity index is 974. The van der Waals surface area contributed by atoms with E-state index in [4.69, 9.17) is 18.9 Å². The minimum Gasteiger partial charge on any atom is -0.490 e. The summed E-state index contributed by atoms with van der Waals surface area (Å²) in [6.45, 7) is 3.68. The summed E-state index contributed by atoms with van der Waals surface area (Å²) in [5.41, 5.74) is 1.96. The Balaban J connectivity index is 1.23. The van der Waals surface area contributed by atoms with Gasteiger partial charge in [-0.15, -0.1) is 0 Å². The van der Waals surface area contributed by atoms with Crippen LogP contribution in [-0.2, 0) is 6.61 Å². The van der Waals surface area contributed by atoms with Crippen molar-refractivity contribution in [2.24, 2.45) is 0 Å². The molecule has 1 aliphatic rings. The van der Waals surface area contributed by atoms with Crippen LogP contribution >= 0.6 is 0 Å². The van der Waals surface area contributed by atoms with E-state index in [1.54, 1.807) is 12.4 Å². The number of fused-ring (bicyclic) bond motifs is 1. The largest absolute Gasteiger partial charge is 0.490 e. The van der Waals surface area contributed by atoms with Crippen molar-refractivity contribution in [1.29, 1.82) is 0 Å². The van der Waals surface area contributed by atoms with Crippen LogP contribution in [0.3, 0.4) is 0 Å². The first-order valence-electron chi connectivity index (χ1n) is 11.4. The van der Waals surface area contributed by atoms with Gasteiger partial charge < -0.3 is 18.9 Å². The number of hydrogen-bond donors (Lipinski definition) is 0. The van der Waals surface area contributed by atoms with E-state index >= 15 is 0 Å². The maximum absolute atomic E-state index is 5.89. The SMILES string of the molecule is CCCCCCCCOc1cnc(-c2ccc(OCc3ccc4c(c3)OCO4)cc2)nc1. The molecule has 0 radical (unpaired) electrons. The maximum atomic E-state index is 5.89. The molecule has 0 fully saturated rings. The number of unbranched alkanes of at least 4 members (excludes halogenated alkanes) is 5. The first kappa shape index (κ1) is 21.9. The number of aromatic nitrogens is 2. The molecule has 1 aliphatic heterocycles. The molecule has 6 heteroatoms. The van der Waals surface area contributed by atoms with Gasteiger partial charge in [-0.05, 0) is 48.4 Å². The smallest absolute Gasteiger partial charge is 0.231 e. The van der Waals surface area contributed by atoms with Crippen LogP contribution in [0.15, 0.2) is 54.9 Å². The van der Waals surface area contributed by atoms with Crippen molar-refractivity contribution < 1.29 is 18.9 Å². The molecule has 0 saturated heterocycles. The molecule has 4 rings (SSSR count). The lowest BCUT2D eigenvalue weighted by molar-refractivity contribution is 0.174. The van der Waals surface area contributed by atoms with Crippen LogP contribution in [0.4, 0.5) is 0 Å². The number of benzene rings is 2. The Hall–Kier alpha value is -3.28. The van der Waals surface area contributed by atoms with Gasteiger partial charge in [0.1, 0.15) is 12.4 Å². The van der Waals surface area contributed by atoms with E-state index in [1.807, 2.05) is 42.5 Å². The van der Waals surface area contributed by atoms with E-state index in [-0.39, 0.29) is 6.79 Å². The number of hydrogen-bond acceptors (Lipinski definition) is 6.